The highest BCUT2D eigenvalue weighted by molar-refractivity contribution is 9.10. The molecule has 0 radical (unpaired) electrons. The summed E-state index contributed by atoms with van der Waals surface area (Å²) >= 11 is 4.81. The van der Waals surface area contributed by atoms with Gasteiger partial charge in [-0.25, -0.2) is 9.66 Å². The number of nitrogens with one attached hydrogen (secondary N) is 1. The fourth-order valence-corrected chi connectivity index (χ4v) is 3.26. The Balaban J connectivity index is 1.69. The quantitative estimate of drug-likeness (QED) is 0.705. The fraction of sp³-hybridized carbons (Fsp3) is 0.188. The minimum absolute atomic E-state index is 0.198. The third-order valence-electron chi connectivity index (χ3n) is 3.28. The fourth-order valence-electron chi connectivity index (χ4n) is 2.07. The van der Waals surface area contributed by atoms with Crippen molar-refractivity contribution in [2.75, 3.05) is 12.0 Å². The maximum absolute atomic E-state index is 12.4. The van der Waals surface area contributed by atoms with Crippen LogP contribution in [0.1, 0.15) is 11.8 Å². The van der Waals surface area contributed by atoms with E-state index < -0.39 is 5.91 Å². The number of rotatable bonds is 5. The summed E-state index contributed by atoms with van der Waals surface area (Å²) in [7, 11) is 0. The third kappa shape index (κ3) is 3.65. The first-order valence-corrected chi connectivity index (χ1v) is 8.86. The molecule has 6 nitrogen and oxygen atoms in total. The summed E-state index contributed by atoms with van der Waals surface area (Å²) < 4.78 is 7.39. The van der Waals surface area contributed by atoms with Crippen LogP contribution >= 0.6 is 27.3 Å². The number of hydrogen-bond donors (Lipinski definition) is 1. The van der Waals surface area contributed by atoms with Crippen LogP contribution in [0.4, 0.5) is 0 Å². The first-order chi connectivity index (χ1) is 11.6. The molecule has 124 valence electrons. The summed E-state index contributed by atoms with van der Waals surface area (Å²) in [5.74, 6) is 0.131. The molecule has 1 aromatic carbocycles. The molecule has 0 fully saturated rings. The number of ether oxygens (including phenoxy) is 1. The van der Waals surface area contributed by atoms with Crippen molar-refractivity contribution in [2.24, 2.45) is 0 Å². The van der Waals surface area contributed by atoms with E-state index in [1.165, 1.54) is 17.7 Å². The van der Waals surface area contributed by atoms with Crippen molar-refractivity contribution in [1.82, 2.24) is 9.66 Å². The number of thiophene rings is 1. The lowest BCUT2D eigenvalue weighted by atomic mass is 10.3. The molecule has 0 aliphatic rings. The van der Waals surface area contributed by atoms with Crippen LogP contribution in [0.3, 0.4) is 0 Å². The molecule has 0 spiro atoms. The summed E-state index contributed by atoms with van der Waals surface area (Å²) in [4.78, 5) is 30.3. The Kier molecular flexibility index (Phi) is 4.96. The Morgan fingerprint density at radius 2 is 2.12 bits per heavy atom. The number of halogens is 1. The van der Waals surface area contributed by atoms with Gasteiger partial charge in [-0.15, -0.1) is 11.3 Å². The standard InChI is InChI=1S/C16H14BrN3O3S/c1-2-12-7-13-15(24-12)18-9-20(16(13)22)19-14(21)8-23-11-5-3-10(17)4-6-11/h3-7,9H,2,8H2,1H3,(H,19,21). The topological polar surface area (TPSA) is 73.2 Å². The average Bonchev–Trinajstić information content (AvgIpc) is 3.01. The van der Waals surface area contributed by atoms with E-state index >= 15 is 0 Å². The van der Waals surface area contributed by atoms with E-state index in [2.05, 4.69) is 26.3 Å². The van der Waals surface area contributed by atoms with Crippen LogP contribution in [0, 0.1) is 0 Å². The number of hydrogen-bond acceptors (Lipinski definition) is 5. The summed E-state index contributed by atoms with van der Waals surface area (Å²) in [6.45, 7) is 1.82. The smallest absolute Gasteiger partial charge is 0.280 e. The highest BCUT2D eigenvalue weighted by Gasteiger charge is 2.10. The van der Waals surface area contributed by atoms with Gasteiger partial charge in [0.1, 0.15) is 16.9 Å². The van der Waals surface area contributed by atoms with Crippen LogP contribution in [-0.4, -0.2) is 22.2 Å². The molecule has 0 bridgehead atoms. The van der Waals surface area contributed by atoms with E-state index in [0.29, 0.717) is 16.0 Å². The predicted molar refractivity (Wildman–Crippen MR) is 97.3 cm³/mol. The van der Waals surface area contributed by atoms with Crippen molar-refractivity contribution in [3.05, 3.63) is 56.4 Å². The SMILES string of the molecule is CCc1cc2c(=O)n(NC(=O)COc3ccc(Br)cc3)cnc2s1. The second-order valence-electron chi connectivity index (χ2n) is 4.98. The van der Waals surface area contributed by atoms with Gasteiger partial charge in [-0.3, -0.25) is 15.0 Å². The van der Waals surface area contributed by atoms with Gasteiger partial charge in [0.25, 0.3) is 11.5 Å². The molecule has 0 saturated carbocycles. The highest BCUT2D eigenvalue weighted by atomic mass is 79.9. The molecule has 2 aromatic heterocycles. The monoisotopic (exact) mass is 407 g/mol. The van der Waals surface area contributed by atoms with Crippen LogP contribution in [0.15, 0.2) is 45.9 Å². The van der Waals surface area contributed by atoms with Crippen molar-refractivity contribution in [3.8, 4) is 5.75 Å². The van der Waals surface area contributed by atoms with Gasteiger partial charge in [0.2, 0.25) is 0 Å². The van der Waals surface area contributed by atoms with Gasteiger partial charge >= 0.3 is 0 Å². The van der Waals surface area contributed by atoms with E-state index in [4.69, 9.17) is 4.74 Å². The summed E-state index contributed by atoms with van der Waals surface area (Å²) in [5, 5.41) is 0.508. The van der Waals surface area contributed by atoms with Crippen molar-refractivity contribution in [1.29, 1.82) is 0 Å². The predicted octanol–water partition coefficient (Wildman–Crippen LogP) is 2.93. The lowest BCUT2D eigenvalue weighted by molar-refractivity contribution is -0.119. The van der Waals surface area contributed by atoms with Crippen LogP contribution in [0.25, 0.3) is 10.2 Å². The second-order valence-corrected chi connectivity index (χ2v) is 7.01. The minimum atomic E-state index is -0.438. The number of amides is 1. The second kappa shape index (κ2) is 7.14. The molecule has 3 aromatic rings. The van der Waals surface area contributed by atoms with Crippen molar-refractivity contribution < 1.29 is 9.53 Å². The Labute approximate surface area is 150 Å². The van der Waals surface area contributed by atoms with Gasteiger partial charge < -0.3 is 4.74 Å². The molecule has 24 heavy (non-hydrogen) atoms. The first kappa shape index (κ1) is 16.7. The Morgan fingerprint density at radius 1 is 1.38 bits per heavy atom. The van der Waals surface area contributed by atoms with Crippen molar-refractivity contribution >= 4 is 43.4 Å². The number of aromatic nitrogens is 2. The van der Waals surface area contributed by atoms with Crippen LogP contribution < -0.4 is 15.7 Å². The van der Waals surface area contributed by atoms with Gasteiger partial charge in [0, 0.05) is 9.35 Å². The summed E-state index contributed by atoms with van der Waals surface area (Å²) in [6.07, 6.45) is 2.16. The Bertz CT molecular complexity index is 934. The summed E-state index contributed by atoms with van der Waals surface area (Å²) in [5.41, 5.74) is 2.19. The van der Waals surface area contributed by atoms with Gasteiger partial charge in [-0.2, -0.15) is 0 Å². The van der Waals surface area contributed by atoms with Gasteiger partial charge in [-0.05, 0) is 36.8 Å². The van der Waals surface area contributed by atoms with E-state index in [-0.39, 0.29) is 12.2 Å². The largest absolute Gasteiger partial charge is 0.484 e. The Morgan fingerprint density at radius 3 is 2.83 bits per heavy atom. The van der Waals surface area contributed by atoms with Gasteiger partial charge in [0.05, 0.1) is 5.39 Å². The van der Waals surface area contributed by atoms with E-state index in [1.807, 2.05) is 25.1 Å². The van der Waals surface area contributed by atoms with E-state index in [9.17, 15) is 9.59 Å². The highest BCUT2D eigenvalue weighted by Crippen LogP contribution is 2.20. The lowest BCUT2D eigenvalue weighted by Crippen LogP contribution is -2.35. The molecular formula is C16H14BrN3O3S. The molecule has 0 aliphatic carbocycles. The molecule has 8 heteroatoms. The molecule has 0 unspecified atom stereocenters. The molecule has 1 amide bonds. The lowest BCUT2D eigenvalue weighted by Gasteiger charge is -2.09. The number of carbonyl (C=O) groups is 1. The maximum Gasteiger partial charge on any atom is 0.280 e. The minimum Gasteiger partial charge on any atom is -0.484 e. The zero-order valence-corrected chi connectivity index (χ0v) is 15.2. The maximum atomic E-state index is 12.4. The van der Waals surface area contributed by atoms with Crippen molar-refractivity contribution in [2.45, 2.75) is 13.3 Å². The molecule has 0 atom stereocenters. The zero-order chi connectivity index (χ0) is 17.1. The zero-order valence-electron chi connectivity index (χ0n) is 12.8. The average molecular weight is 408 g/mol. The number of benzene rings is 1. The van der Waals surface area contributed by atoms with Crippen LogP contribution in [0.5, 0.6) is 5.75 Å². The van der Waals surface area contributed by atoms with Gasteiger partial charge in [-0.1, -0.05) is 22.9 Å². The molecule has 0 aliphatic heterocycles. The Hall–Kier alpha value is -2.19. The normalized spacial score (nSPS) is 10.8. The number of aryl methyl sites for hydroxylation is 1. The van der Waals surface area contributed by atoms with Gasteiger partial charge in [0.15, 0.2) is 6.61 Å². The third-order valence-corrected chi connectivity index (χ3v) is 5.00. The molecular weight excluding hydrogens is 394 g/mol. The van der Waals surface area contributed by atoms with Crippen molar-refractivity contribution in [3.63, 3.8) is 0 Å². The molecule has 1 N–H and O–H groups in total. The van der Waals surface area contributed by atoms with Crippen LogP contribution in [-0.2, 0) is 11.2 Å². The summed E-state index contributed by atoms with van der Waals surface area (Å²) in [6, 6.07) is 8.94. The van der Waals surface area contributed by atoms with E-state index in [0.717, 1.165) is 20.4 Å². The number of carbonyl (C=O) groups excluding carboxylic acids is 1. The first-order valence-electron chi connectivity index (χ1n) is 7.25. The molecule has 2 heterocycles. The number of nitrogens with zero attached hydrogens (tertiary/aromatic N) is 2. The van der Waals surface area contributed by atoms with Crippen LogP contribution in [0.2, 0.25) is 0 Å². The van der Waals surface area contributed by atoms with E-state index in [1.54, 1.807) is 12.1 Å². The molecule has 3 rings (SSSR count). The number of fused-ring (bicyclic) bond motifs is 1. The molecule has 0 saturated heterocycles.